The average molecular weight is 225 g/mol. The number of aromatic carboxylic acids is 1. The Morgan fingerprint density at radius 2 is 2.19 bits per heavy atom. The van der Waals surface area contributed by atoms with Crippen molar-refractivity contribution in [1.29, 1.82) is 0 Å². The zero-order valence-electron chi connectivity index (χ0n) is 9.46. The van der Waals surface area contributed by atoms with Crippen molar-refractivity contribution in [3.63, 3.8) is 0 Å². The van der Waals surface area contributed by atoms with Crippen LogP contribution >= 0.6 is 0 Å². The van der Waals surface area contributed by atoms with Crippen LogP contribution < -0.4 is 5.32 Å². The van der Waals surface area contributed by atoms with Gasteiger partial charge in [0.1, 0.15) is 5.82 Å². The van der Waals surface area contributed by atoms with Gasteiger partial charge in [-0.25, -0.2) is 9.18 Å². The number of benzene rings is 1. The first-order valence-electron chi connectivity index (χ1n) is 5.27. The Morgan fingerprint density at radius 3 is 2.75 bits per heavy atom. The predicted molar refractivity (Wildman–Crippen MR) is 61.3 cm³/mol. The van der Waals surface area contributed by atoms with Gasteiger partial charge in [0.15, 0.2) is 0 Å². The van der Waals surface area contributed by atoms with Gasteiger partial charge in [-0.2, -0.15) is 0 Å². The van der Waals surface area contributed by atoms with Gasteiger partial charge in [-0.3, -0.25) is 0 Å². The van der Waals surface area contributed by atoms with Gasteiger partial charge in [0.25, 0.3) is 0 Å². The number of carbonyl (C=O) groups is 1. The molecule has 3 nitrogen and oxygen atoms in total. The first-order valence-corrected chi connectivity index (χ1v) is 5.27. The number of carboxylic acids is 1. The molecule has 0 amide bonds. The van der Waals surface area contributed by atoms with Crippen LogP contribution in [0.3, 0.4) is 0 Å². The smallest absolute Gasteiger partial charge is 0.338 e. The maximum Gasteiger partial charge on any atom is 0.338 e. The molecular weight excluding hydrogens is 209 g/mol. The third-order valence-electron chi connectivity index (χ3n) is 2.25. The summed E-state index contributed by atoms with van der Waals surface area (Å²) in [5, 5.41) is 11.8. The predicted octanol–water partition coefficient (Wildman–Crippen LogP) is 2.98. The van der Waals surface area contributed by atoms with Gasteiger partial charge in [-0.05, 0) is 30.5 Å². The zero-order chi connectivity index (χ0) is 12.1. The molecular formula is C12H16FNO2. The van der Waals surface area contributed by atoms with Crippen LogP contribution in [0.5, 0.6) is 0 Å². The van der Waals surface area contributed by atoms with Crippen molar-refractivity contribution in [1.82, 2.24) is 0 Å². The van der Waals surface area contributed by atoms with Crippen molar-refractivity contribution in [2.75, 3.05) is 11.9 Å². The summed E-state index contributed by atoms with van der Waals surface area (Å²) in [7, 11) is 0. The molecule has 16 heavy (non-hydrogen) atoms. The van der Waals surface area contributed by atoms with E-state index in [-0.39, 0.29) is 5.56 Å². The van der Waals surface area contributed by atoms with Gasteiger partial charge in [0.2, 0.25) is 0 Å². The number of hydrogen-bond acceptors (Lipinski definition) is 2. The lowest BCUT2D eigenvalue weighted by Crippen LogP contribution is -2.07. The van der Waals surface area contributed by atoms with Gasteiger partial charge >= 0.3 is 5.97 Å². The van der Waals surface area contributed by atoms with E-state index in [1.165, 1.54) is 12.1 Å². The Hall–Kier alpha value is -1.58. The number of anilines is 1. The van der Waals surface area contributed by atoms with E-state index in [0.717, 1.165) is 13.0 Å². The monoisotopic (exact) mass is 225 g/mol. The fourth-order valence-corrected chi connectivity index (χ4v) is 1.30. The summed E-state index contributed by atoms with van der Waals surface area (Å²) < 4.78 is 13.1. The van der Waals surface area contributed by atoms with Gasteiger partial charge in [0, 0.05) is 12.2 Å². The van der Waals surface area contributed by atoms with E-state index in [4.69, 9.17) is 5.11 Å². The van der Waals surface area contributed by atoms with Crippen LogP contribution in [-0.4, -0.2) is 17.6 Å². The van der Waals surface area contributed by atoms with Crippen molar-refractivity contribution in [3.05, 3.63) is 29.6 Å². The molecule has 0 bridgehead atoms. The Morgan fingerprint density at radius 1 is 1.50 bits per heavy atom. The second-order valence-electron chi connectivity index (χ2n) is 4.11. The molecule has 0 spiro atoms. The van der Waals surface area contributed by atoms with E-state index < -0.39 is 11.8 Å². The van der Waals surface area contributed by atoms with Crippen LogP contribution in [0, 0.1) is 11.7 Å². The number of nitrogens with one attached hydrogen (secondary N) is 1. The second kappa shape index (κ2) is 5.49. The van der Waals surface area contributed by atoms with Crippen molar-refractivity contribution in [2.24, 2.45) is 5.92 Å². The molecule has 0 saturated carbocycles. The minimum atomic E-state index is -1.25. The van der Waals surface area contributed by atoms with Crippen LogP contribution in [0.25, 0.3) is 0 Å². The molecule has 0 fully saturated rings. The first-order chi connectivity index (χ1) is 7.50. The molecule has 1 rings (SSSR count). The average Bonchev–Trinajstić information content (AvgIpc) is 2.19. The minimum absolute atomic E-state index is 0.297. The molecule has 0 radical (unpaired) electrons. The summed E-state index contributed by atoms with van der Waals surface area (Å²) in [5.74, 6) is -1.38. The number of halogens is 1. The summed E-state index contributed by atoms with van der Waals surface area (Å²) >= 11 is 0. The quantitative estimate of drug-likeness (QED) is 0.809. The van der Waals surface area contributed by atoms with Crippen molar-refractivity contribution in [2.45, 2.75) is 20.3 Å². The minimum Gasteiger partial charge on any atom is -0.478 e. The molecule has 0 atom stereocenters. The molecule has 88 valence electrons. The summed E-state index contributed by atoms with van der Waals surface area (Å²) in [5.41, 5.74) is 0.342. The SMILES string of the molecule is CC(C)CCNc1ccc(F)c(C(=O)O)c1. The highest BCUT2D eigenvalue weighted by atomic mass is 19.1. The molecule has 0 aliphatic rings. The van der Waals surface area contributed by atoms with Crippen LogP contribution in [-0.2, 0) is 0 Å². The van der Waals surface area contributed by atoms with Gasteiger partial charge < -0.3 is 10.4 Å². The maximum atomic E-state index is 13.1. The molecule has 1 aromatic carbocycles. The van der Waals surface area contributed by atoms with Crippen LogP contribution in [0.2, 0.25) is 0 Å². The van der Waals surface area contributed by atoms with Gasteiger partial charge in [0.05, 0.1) is 5.56 Å². The largest absolute Gasteiger partial charge is 0.478 e. The normalized spacial score (nSPS) is 10.5. The molecule has 0 aliphatic carbocycles. The molecule has 2 N–H and O–H groups in total. The second-order valence-corrected chi connectivity index (χ2v) is 4.11. The summed E-state index contributed by atoms with van der Waals surface area (Å²) in [6, 6.07) is 4.03. The first kappa shape index (κ1) is 12.5. The Labute approximate surface area is 94.3 Å². The van der Waals surface area contributed by atoms with E-state index in [2.05, 4.69) is 19.2 Å². The van der Waals surface area contributed by atoms with Crippen molar-refractivity contribution in [3.8, 4) is 0 Å². The lowest BCUT2D eigenvalue weighted by molar-refractivity contribution is 0.0692. The molecule has 0 saturated heterocycles. The molecule has 0 aliphatic heterocycles. The highest BCUT2D eigenvalue weighted by molar-refractivity contribution is 5.89. The Kier molecular flexibility index (Phi) is 4.28. The molecule has 0 heterocycles. The van der Waals surface area contributed by atoms with Crippen LogP contribution in [0.4, 0.5) is 10.1 Å². The van der Waals surface area contributed by atoms with E-state index in [0.29, 0.717) is 11.6 Å². The fourth-order valence-electron chi connectivity index (χ4n) is 1.30. The van der Waals surface area contributed by atoms with E-state index >= 15 is 0 Å². The lowest BCUT2D eigenvalue weighted by Gasteiger charge is -2.09. The maximum absolute atomic E-state index is 13.1. The third kappa shape index (κ3) is 3.53. The van der Waals surface area contributed by atoms with Crippen LogP contribution in [0.1, 0.15) is 30.6 Å². The summed E-state index contributed by atoms with van der Waals surface area (Å²) in [6.07, 6.45) is 0.986. The van der Waals surface area contributed by atoms with E-state index in [1.807, 2.05) is 0 Å². The Balaban J connectivity index is 2.68. The summed E-state index contributed by atoms with van der Waals surface area (Å²) in [4.78, 5) is 10.7. The standard InChI is InChI=1S/C12H16FNO2/c1-8(2)5-6-14-9-3-4-11(13)10(7-9)12(15)16/h3-4,7-8,14H,5-6H2,1-2H3,(H,15,16). The van der Waals surface area contributed by atoms with Crippen molar-refractivity contribution < 1.29 is 14.3 Å². The van der Waals surface area contributed by atoms with Gasteiger partial charge in [-0.1, -0.05) is 13.8 Å². The zero-order valence-corrected chi connectivity index (χ0v) is 9.46. The van der Waals surface area contributed by atoms with Gasteiger partial charge in [-0.15, -0.1) is 0 Å². The number of rotatable bonds is 5. The highest BCUT2D eigenvalue weighted by Gasteiger charge is 2.10. The third-order valence-corrected chi connectivity index (χ3v) is 2.25. The topological polar surface area (TPSA) is 49.3 Å². The number of carboxylic acid groups (broad SMARTS) is 1. The lowest BCUT2D eigenvalue weighted by atomic mass is 10.1. The van der Waals surface area contributed by atoms with E-state index in [1.54, 1.807) is 6.07 Å². The fraction of sp³-hybridized carbons (Fsp3) is 0.417. The van der Waals surface area contributed by atoms with E-state index in [9.17, 15) is 9.18 Å². The highest BCUT2D eigenvalue weighted by Crippen LogP contribution is 2.15. The van der Waals surface area contributed by atoms with Crippen molar-refractivity contribution >= 4 is 11.7 Å². The van der Waals surface area contributed by atoms with Crippen LogP contribution in [0.15, 0.2) is 18.2 Å². The molecule has 0 aromatic heterocycles. The Bertz CT molecular complexity index is 377. The molecule has 1 aromatic rings. The molecule has 0 unspecified atom stereocenters. The number of hydrogen-bond donors (Lipinski definition) is 2. The summed E-state index contributed by atoms with van der Waals surface area (Å²) in [6.45, 7) is 4.96. The molecule has 4 heteroatoms.